The fourth-order valence-electron chi connectivity index (χ4n) is 3.22. The van der Waals surface area contributed by atoms with Gasteiger partial charge in [0.15, 0.2) is 0 Å². The number of amides is 3. The van der Waals surface area contributed by atoms with Crippen molar-refractivity contribution < 1.29 is 9.59 Å². The molecule has 0 saturated carbocycles. The average molecular weight is 399 g/mol. The molecule has 0 bridgehead atoms. The minimum Gasteiger partial charge on any atom is -0.352 e. The Hall–Kier alpha value is -1.44. The number of urea groups is 1. The zero-order valence-corrected chi connectivity index (χ0v) is 16.6. The number of hydrogen-bond donors (Lipinski definition) is 3. The highest BCUT2D eigenvalue weighted by atomic mass is 35.5. The molecule has 1 saturated heterocycles. The highest BCUT2D eigenvalue weighted by Crippen LogP contribution is 2.26. The number of thioether (sulfide) groups is 1. The maximum atomic E-state index is 12.6. The highest BCUT2D eigenvalue weighted by Gasteiger charge is 2.26. The van der Waals surface area contributed by atoms with Crippen LogP contribution in [0.4, 0.5) is 4.79 Å². The van der Waals surface area contributed by atoms with Crippen molar-refractivity contribution in [2.24, 2.45) is 5.73 Å². The number of primary amides is 1. The molecule has 0 spiro atoms. The lowest BCUT2D eigenvalue weighted by Crippen LogP contribution is -2.50. The summed E-state index contributed by atoms with van der Waals surface area (Å²) in [6.07, 6.45) is 4.82. The van der Waals surface area contributed by atoms with Gasteiger partial charge in [-0.05, 0) is 62.1 Å². The Kier molecular flexibility index (Phi) is 8.54. The van der Waals surface area contributed by atoms with Crippen LogP contribution in [-0.2, 0) is 4.79 Å². The molecule has 1 aromatic rings. The van der Waals surface area contributed by atoms with Crippen LogP contribution in [0.2, 0.25) is 5.02 Å². The lowest BCUT2D eigenvalue weighted by atomic mass is 10.1. The minimum atomic E-state index is -0.683. The Morgan fingerprint density at radius 3 is 2.69 bits per heavy atom. The van der Waals surface area contributed by atoms with Gasteiger partial charge in [0.25, 0.3) is 0 Å². The second-order valence-corrected chi connectivity index (χ2v) is 7.82. The summed E-state index contributed by atoms with van der Waals surface area (Å²) in [7, 11) is 0. The van der Waals surface area contributed by atoms with Gasteiger partial charge in [0.2, 0.25) is 5.91 Å². The Morgan fingerprint density at radius 1 is 1.35 bits per heavy atom. The number of carbonyl (C=O) groups excluding carboxylic acids is 2. The molecular formula is C18H27ClN4O2S. The zero-order chi connectivity index (χ0) is 18.9. The van der Waals surface area contributed by atoms with Crippen molar-refractivity contribution in [3.05, 3.63) is 34.9 Å². The quantitative estimate of drug-likeness (QED) is 0.596. The number of hydrogen-bond acceptors (Lipinski definition) is 4. The van der Waals surface area contributed by atoms with Crippen LogP contribution in [0.25, 0.3) is 0 Å². The van der Waals surface area contributed by atoms with Crippen molar-refractivity contribution in [2.45, 2.75) is 31.3 Å². The van der Waals surface area contributed by atoms with Crippen molar-refractivity contribution in [3.63, 3.8) is 0 Å². The summed E-state index contributed by atoms with van der Waals surface area (Å²) in [5.74, 6) is 0.562. The van der Waals surface area contributed by atoms with Crippen LogP contribution in [0.5, 0.6) is 0 Å². The smallest absolute Gasteiger partial charge is 0.312 e. The lowest BCUT2D eigenvalue weighted by Gasteiger charge is -2.29. The van der Waals surface area contributed by atoms with Gasteiger partial charge in [-0.1, -0.05) is 23.7 Å². The van der Waals surface area contributed by atoms with Crippen molar-refractivity contribution in [3.8, 4) is 0 Å². The number of carbonyl (C=O) groups is 2. The summed E-state index contributed by atoms with van der Waals surface area (Å²) in [6.45, 7) is 2.47. The van der Waals surface area contributed by atoms with Crippen LogP contribution >= 0.6 is 23.4 Å². The molecule has 6 nitrogen and oxygen atoms in total. The van der Waals surface area contributed by atoms with Gasteiger partial charge in [0.1, 0.15) is 6.04 Å². The molecule has 144 valence electrons. The lowest BCUT2D eigenvalue weighted by molar-refractivity contribution is -0.123. The second kappa shape index (κ2) is 10.6. The second-order valence-electron chi connectivity index (χ2n) is 6.40. The highest BCUT2D eigenvalue weighted by molar-refractivity contribution is 7.98. The van der Waals surface area contributed by atoms with E-state index in [-0.39, 0.29) is 11.9 Å². The van der Waals surface area contributed by atoms with E-state index in [1.54, 1.807) is 11.8 Å². The van der Waals surface area contributed by atoms with Gasteiger partial charge >= 0.3 is 6.03 Å². The van der Waals surface area contributed by atoms with Crippen molar-refractivity contribution in [1.29, 1.82) is 0 Å². The fourth-order valence-corrected chi connectivity index (χ4v) is 3.89. The Labute approximate surface area is 164 Å². The maximum absolute atomic E-state index is 12.6. The average Bonchev–Trinajstić information content (AvgIpc) is 3.12. The Bertz CT molecular complexity index is 611. The van der Waals surface area contributed by atoms with Crippen LogP contribution in [0, 0.1) is 0 Å². The van der Waals surface area contributed by atoms with Crippen LogP contribution in [0.15, 0.2) is 24.3 Å². The van der Waals surface area contributed by atoms with Crippen LogP contribution in [0.3, 0.4) is 0 Å². The number of halogens is 1. The summed E-state index contributed by atoms with van der Waals surface area (Å²) in [6, 6.07) is 6.53. The molecule has 8 heteroatoms. The first kappa shape index (κ1) is 20.9. The molecule has 0 aromatic heterocycles. The molecule has 26 heavy (non-hydrogen) atoms. The number of rotatable bonds is 9. The third kappa shape index (κ3) is 6.37. The molecule has 1 fully saturated rings. The van der Waals surface area contributed by atoms with E-state index in [1.165, 1.54) is 0 Å². The molecule has 1 aromatic carbocycles. The summed E-state index contributed by atoms with van der Waals surface area (Å²) >= 11 is 7.78. The molecule has 1 aliphatic heterocycles. The van der Waals surface area contributed by atoms with E-state index in [4.69, 9.17) is 17.3 Å². The first-order valence-electron chi connectivity index (χ1n) is 8.83. The molecule has 4 N–H and O–H groups in total. The topological polar surface area (TPSA) is 87.5 Å². The van der Waals surface area contributed by atoms with Gasteiger partial charge in [-0.15, -0.1) is 0 Å². The van der Waals surface area contributed by atoms with Crippen molar-refractivity contribution >= 4 is 35.3 Å². The molecule has 1 heterocycles. The van der Waals surface area contributed by atoms with Crippen molar-refractivity contribution in [2.75, 3.05) is 31.6 Å². The van der Waals surface area contributed by atoms with Gasteiger partial charge in [0, 0.05) is 11.6 Å². The molecule has 2 unspecified atom stereocenters. The fraction of sp³-hybridized carbons (Fsp3) is 0.556. The molecule has 3 amide bonds. The van der Waals surface area contributed by atoms with E-state index in [2.05, 4.69) is 15.5 Å². The maximum Gasteiger partial charge on any atom is 0.312 e. The monoisotopic (exact) mass is 398 g/mol. The Morgan fingerprint density at radius 2 is 2.08 bits per heavy atom. The first-order valence-corrected chi connectivity index (χ1v) is 10.6. The number of nitrogens with zero attached hydrogens (tertiary/aromatic N) is 1. The van der Waals surface area contributed by atoms with Crippen LogP contribution in [0.1, 0.15) is 30.9 Å². The molecule has 0 radical (unpaired) electrons. The summed E-state index contributed by atoms with van der Waals surface area (Å²) in [4.78, 5) is 26.1. The largest absolute Gasteiger partial charge is 0.352 e. The predicted molar refractivity (Wildman–Crippen MR) is 108 cm³/mol. The minimum absolute atomic E-state index is 0.0647. The molecular weight excluding hydrogens is 372 g/mol. The predicted octanol–water partition coefficient (Wildman–Crippen LogP) is 2.38. The van der Waals surface area contributed by atoms with E-state index < -0.39 is 12.1 Å². The van der Waals surface area contributed by atoms with Gasteiger partial charge in [-0.25, -0.2) is 4.79 Å². The molecule has 1 aliphatic rings. The summed E-state index contributed by atoms with van der Waals surface area (Å²) in [5, 5.41) is 6.21. The molecule has 2 atom stereocenters. The first-order chi connectivity index (χ1) is 12.5. The standard InChI is InChI=1S/C18H27ClN4O2S/c1-26-10-7-15(22-18(20)25)17(24)21-12-16(23-8-2-3-9-23)13-5-4-6-14(19)11-13/h4-6,11,15-16H,2-3,7-10,12H2,1H3,(H,21,24)(H3,20,22,25). The van der Waals surface area contributed by atoms with E-state index in [0.29, 0.717) is 18.0 Å². The van der Waals surface area contributed by atoms with E-state index in [0.717, 1.165) is 37.2 Å². The summed E-state index contributed by atoms with van der Waals surface area (Å²) < 4.78 is 0. The van der Waals surface area contributed by atoms with Crippen LogP contribution in [-0.4, -0.2) is 54.5 Å². The summed E-state index contributed by atoms with van der Waals surface area (Å²) in [5.41, 5.74) is 6.29. The number of nitrogens with two attached hydrogens (primary N) is 1. The van der Waals surface area contributed by atoms with E-state index in [1.807, 2.05) is 30.5 Å². The molecule has 2 rings (SSSR count). The normalized spacial score (nSPS) is 16.8. The van der Waals surface area contributed by atoms with E-state index in [9.17, 15) is 9.59 Å². The third-order valence-electron chi connectivity index (χ3n) is 4.53. The van der Waals surface area contributed by atoms with E-state index >= 15 is 0 Å². The van der Waals surface area contributed by atoms with Gasteiger partial charge in [-0.2, -0.15) is 11.8 Å². The van der Waals surface area contributed by atoms with Crippen molar-refractivity contribution in [1.82, 2.24) is 15.5 Å². The number of nitrogens with one attached hydrogen (secondary N) is 2. The van der Waals surface area contributed by atoms with Crippen LogP contribution < -0.4 is 16.4 Å². The van der Waals surface area contributed by atoms with Gasteiger partial charge in [0.05, 0.1) is 6.04 Å². The number of benzene rings is 1. The molecule has 0 aliphatic carbocycles. The SMILES string of the molecule is CSCCC(NC(N)=O)C(=O)NCC(c1cccc(Cl)c1)N1CCCC1. The van der Waals surface area contributed by atoms with Gasteiger partial charge < -0.3 is 16.4 Å². The third-order valence-corrected chi connectivity index (χ3v) is 5.41. The number of likely N-dealkylation sites (tertiary alicyclic amines) is 1. The zero-order valence-electron chi connectivity index (χ0n) is 15.0. The Balaban J connectivity index is 2.04. The van der Waals surface area contributed by atoms with Gasteiger partial charge in [-0.3, -0.25) is 9.69 Å².